The van der Waals surface area contributed by atoms with Gasteiger partial charge in [-0.2, -0.15) is 4.39 Å². The first-order valence-corrected chi connectivity index (χ1v) is 9.82. The van der Waals surface area contributed by atoms with Crippen LogP contribution in [-0.2, 0) is 6.61 Å². The minimum Gasteiger partial charge on any atom is -0.490 e. The average Bonchev–Trinajstić information content (AvgIpc) is 2.76. The number of halogens is 3. The standard InChI is InChI=1S/C25H23F3O3/c1-3-4-13-30-23-12-10-20(24(27)25(23)28)18-7-5-17(6-8-18)15-31-22-11-9-19(16(2)29)14-21(22)26/h3,5-12,14,16,29H,1,4,13,15H2,2H3. The molecule has 3 aromatic carbocycles. The molecule has 6 heteroatoms. The molecule has 0 saturated carbocycles. The molecule has 3 rings (SSSR count). The van der Waals surface area contributed by atoms with Crippen molar-refractivity contribution in [3.8, 4) is 22.6 Å². The van der Waals surface area contributed by atoms with E-state index in [2.05, 4.69) is 6.58 Å². The summed E-state index contributed by atoms with van der Waals surface area (Å²) in [6.07, 6.45) is 1.39. The Morgan fingerprint density at radius 1 is 0.935 bits per heavy atom. The van der Waals surface area contributed by atoms with E-state index in [0.29, 0.717) is 17.5 Å². The fourth-order valence-corrected chi connectivity index (χ4v) is 2.95. The second-order valence-corrected chi connectivity index (χ2v) is 7.02. The van der Waals surface area contributed by atoms with Crippen molar-refractivity contribution in [2.75, 3.05) is 6.61 Å². The maximum absolute atomic E-state index is 14.5. The monoisotopic (exact) mass is 428 g/mol. The molecule has 0 amide bonds. The molecule has 1 unspecified atom stereocenters. The van der Waals surface area contributed by atoms with Gasteiger partial charge in [-0.05, 0) is 54.3 Å². The largest absolute Gasteiger partial charge is 0.490 e. The molecule has 162 valence electrons. The summed E-state index contributed by atoms with van der Waals surface area (Å²) in [7, 11) is 0. The van der Waals surface area contributed by atoms with Gasteiger partial charge in [-0.3, -0.25) is 0 Å². The number of benzene rings is 3. The smallest absolute Gasteiger partial charge is 0.201 e. The zero-order chi connectivity index (χ0) is 22.4. The minimum absolute atomic E-state index is 0.0636. The van der Waals surface area contributed by atoms with Crippen molar-refractivity contribution in [1.29, 1.82) is 0 Å². The summed E-state index contributed by atoms with van der Waals surface area (Å²) in [6, 6.07) is 13.8. The number of hydrogen-bond acceptors (Lipinski definition) is 3. The van der Waals surface area contributed by atoms with E-state index in [1.165, 1.54) is 24.3 Å². The van der Waals surface area contributed by atoms with Crippen molar-refractivity contribution in [2.45, 2.75) is 26.1 Å². The lowest BCUT2D eigenvalue weighted by molar-refractivity contribution is 0.198. The molecule has 0 aliphatic rings. The van der Waals surface area contributed by atoms with Crippen LogP contribution in [0.4, 0.5) is 13.2 Å². The van der Waals surface area contributed by atoms with Gasteiger partial charge in [0.2, 0.25) is 5.82 Å². The normalized spacial score (nSPS) is 11.8. The van der Waals surface area contributed by atoms with Crippen molar-refractivity contribution >= 4 is 0 Å². The number of ether oxygens (including phenoxy) is 2. The molecule has 0 aromatic heterocycles. The Morgan fingerprint density at radius 3 is 2.29 bits per heavy atom. The van der Waals surface area contributed by atoms with Crippen LogP contribution in [0.1, 0.15) is 30.6 Å². The Bertz CT molecular complexity index is 1050. The van der Waals surface area contributed by atoms with Crippen molar-refractivity contribution in [3.63, 3.8) is 0 Å². The van der Waals surface area contributed by atoms with E-state index in [1.54, 1.807) is 43.3 Å². The van der Waals surface area contributed by atoms with E-state index >= 15 is 0 Å². The average molecular weight is 428 g/mol. The van der Waals surface area contributed by atoms with Crippen molar-refractivity contribution in [1.82, 2.24) is 0 Å². The van der Waals surface area contributed by atoms with Crippen LogP contribution in [-0.4, -0.2) is 11.7 Å². The molecule has 0 aliphatic heterocycles. The molecule has 1 N–H and O–H groups in total. The first-order chi connectivity index (χ1) is 14.9. The van der Waals surface area contributed by atoms with Gasteiger partial charge in [0.15, 0.2) is 23.1 Å². The van der Waals surface area contributed by atoms with Crippen LogP contribution in [0.2, 0.25) is 0 Å². The van der Waals surface area contributed by atoms with Gasteiger partial charge in [-0.15, -0.1) is 6.58 Å². The van der Waals surface area contributed by atoms with Crippen LogP contribution in [0, 0.1) is 17.5 Å². The molecule has 0 heterocycles. The predicted octanol–water partition coefficient (Wildman–Crippen LogP) is 6.36. The lowest BCUT2D eigenvalue weighted by Crippen LogP contribution is -2.01. The van der Waals surface area contributed by atoms with Gasteiger partial charge in [0, 0.05) is 5.56 Å². The summed E-state index contributed by atoms with van der Waals surface area (Å²) < 4.78 is 53.6. The number of hydrogen-bond donors (Lipinski definition) is 1. The number of aliphatic hydroxyl groups excluding tert-OH is 1. The fraction of sp³-hybridized carbons (Fsp3) is 0.200. The van der Waals surface area contributed by atoms with Gasteiger partial charge >= 0.3 is 0 Å². The molecule has 0 spiro atoms. The third-order valence-electron chi connectivity index (χ3n) is 4.72. The Balaban J connectivity index is 1.69. The summed E-state index contributed by atoms with van der Waals surface area (Å²) in [5.74, 6) is -2.67. The quantitative estimate of drug-likeness (QED) is 0.318. The number of aliphatic hydroxyl groups is 1. The maximum Gasteiger partial charge on any atom is 0.201 e. The van der Waals surface area contributed by atoms with E-state index in [-0.39, 0.29) is 30.3 Å². The molecule has 0 saturated heterocycles. The molecule has 0 aliphatic carbocycles. The van der Waals surface area contributed by atoms with Gasteiger partial charge in [-0.1, -0.05) is 36.4 Å². The molecule has 3 nitrogen and oxygen atoms in total. The zero-order valence-corrected chi connectivity index (χ0v) is 17.1. The second-order valence-electron chi connectivity index (χ2n) is 7.02. The van der Waals surface area contributed by atoms with Gasteiger partial charge in [-0.25, -0.2) is 8.78 Å². The van der Waals surface area contributed by atoms with Gasteiger partial charge < -0.3 is 14.6 Å². The van der Waals surface area contributed by atoms with Crippen LogP contribution in [0.5, 0.6) is 11.5 Å². The van der Waals surface area contributed by atoms with E-state index in [1.807, 2.05) is 0 Å². The molecule has 0 fully saturated rings. The van der Waals surface area contributed by atoms with E-state index < -0.39 is 23.6 Å². The summed E-state index contributed by atoms with van der Waals surface area (Å²) >= 11 is 0. The molecule has 0 radical (unpaired) electrons. The highest BCUT2D eigenvalue weighted by atomic mass is 19.2. The topological polar surface area (TPSA) is 38.7 Å². The summed E-state index contributed by atoms with van der Waals surface area (Å²) in [4.78, 5) is 0. The molecular formula is C25H23F3O3. The highest BCUT2D eigenvalue weighted by molar-refractivity contribution is 5.65. The van der Waals surface area contributed by atoms with Crippen LogP contribution >= 0.6 is 0 Å². The van der Waals surface area contributed by atoms with Crippen LogP contribution < -0.4 is 9.47 Å². The summed E-state index contributed by atoms with van der Waals surface area (Å²) in [5, 5.41) is 9.50. The maximum atomic E-state index is 14.5. The van der Waals surface area contributed by atoms with Gasteiger partial charge in [0.05, 0.1) is 12.7 Å². The van der Waals surface area contributed by atoms with Gasteiger partial charge in [0.25, 0.3) is 0 Å². The minimum atomic E-state index is -1.04. The first-order valence-electron chi connectivity index (χ1n) is 9.82. The van der Waals surface area contributed by atoms with E-state index in [4.69, 9.17) is 9.47 Å². The summed E-state index contributed by atoms with van der Waals surface area (Å²) in [6.45, 7) is 5.42. The van der Waals surface area contributed by atoms with Crippen molar-refractivity contribution < 1.29 is 27.8 Å². The van der Waals surface area contributed by atoms with Gasteiger partial charge in [0.1, 0.15) is 6.61 Å². The first kappa shape index (κ1) is 22.4. The molecule has 0 bridgehead atoms. The SMILES string of the molecule is C=CCCOc1ccc(-c2ccc(COc3ccc(C(C)O)cc3F)cc2)c(F)c1F. The third-order valence-corrected chi connectivity index (χ3v) is 4.72. The van der Waals surface area contributed by atoms with E-state index in [9.17, 15) is 18.3 Å². The molecular weight excluding hydrogens is 405 g/mol. The number of rotatable bonds is 9. The van der Waals surface area contributed by atoms with Crippen LogP contribution in [0.3, 0.4) is 0 Å². The predicted molar refractivity (Wildman–Crippen MR) is 113 cm³/mol. The van der Waals surface area contributed by atoms with Crippen molar-refractivity contribution in [3.05, 3.63) is 95.8 Å². The molecule has 31 heavy (non-hydrogen) atoms. The summed E-state index contributed by atoms with van der Waals surface area (Å²) in [5.41, 5.74) is 1.79. The van der Waals surface area contributed by atoms with Crippen molar-refractivity contribution in [2.24, 2.45) is 0 Å². The highest BCUT2D eigenvalue weighted by Gasteiger charge is 2.16. The Morgan fingerprint density at radius 2 is 1.65 bits per heavy atom. The lowest BCUT2D eigenvalue weighted by Gasteiger charge is -2.12. The molecule has 3 aromatic rings. The zero-order valence-electron chi connectivity index (χ0n) is 17.1. The third kappa shape index (κ3) is 5.47. The Kier molecular flexibility index (Phi) is 7.36. The van der Waals surface area contributed by atoms with Crippen LogP contribution in [0.15, 0.2) is 67.3 Å². The molecule has 1 atom stereocenters. The highest BCUT2D eigenvalue weighted by Crippen LogP contribution is 2.30. The Hall–Kier alpha value is -3.25. The fourth-order valence-electron chi connectivity index (χ4n) is 2.95. The lowest BCUT2D eigenvalue weighted by atomic mass is 10.0. The van der Waals surface area contributed by atoms with Crippen LogP contribution in [0.25, 0.3) is 11.1 Å². The Labute approximate surface area is 179 Å². The van der Waals surface area contributed by atoms with E-state index in [0.717, 1.165) is 5.56 Å². The second kappa shape index (κ2) is 10.2.